The van der Waals surface area contributed by atoms with Gasteiger partial charge < -0.3 is 5.73 Å². The molecular weight excluding hydrogens is 236 g/mol. The zero-order valence-corrected chi connectivity index (χ0v) is 12.6. The van der Waals surface area contributed by atoms with Crippen LogP contribution in [0.15, 0.2) is 6.20 Å². The van der Waals surface area contributed by atoms with Gasteiger partial charge in [0, 0.05) is 24.8 Å². The van der Waals surface area contributed by atoms with Crippen LogP contribution in [0.4, 0.5) is 0 Å². The molecule has 2 rings (SSSR count). The largest absolute Gasteiger partial charge is 0.330 e. The predicted octanol–water partition coefficient (Wildman–Crippen LogP) is 2.10. The van der Waals surface area contributed by atoms with Crippen LogP contribution in [0.3, 0.4) is 0 Å². The number of likely N-dealkylation sites (tertiary alicyclic amines) is 1. The molecule has 0 saturated carbocycles. The topological polar surface area (TPSA) is 47.1 Å². The van der Waals surface area contributed by atoms with E-state index in [4.69, 9.17) is 5.73 Å². The fraction of sp³-hybridized carbons (Fsp3) is 0.800. The van der Waals surface area contributed by atoms with Crippen LogP contribution >= 0.6 is 0 Å². The zero-order chi connectivity index (χ0) is 13.8. The summed E-state index contributed by atoms with van der Waals surface area (Å²) in [7, 11) is 2.02. The third kappa shape index (κ3) is 3.00. The highest BCUT2D eigenvalue weighted by Gasteiger charge is 2.31. The van der Waals surface area contributed by atoms with E-state index in [1.807, 2.05) is 11.7 Å². The Labute approximate surface area is 117 Å². The average Bonchev–Trinajstić information content (AvgIpc) is 2.67. The van der Waals surface area contributed by atoms with Crippen molar-refractivity contribution in [1.29, 1.82) is 0 Å². The van der Waals surface area contributed by atoms with Crippen LogP contribution in [0, 0.1) is 5.92 Å². The maximum atomic E-state index is 6.06. The Bertz CT molecular complexity index is 385. The summed E-state index contributed by atoms with van der Waals surface area (Å²) in [4.78, 5) is 2.60. The molecule has 2 heterocycles. The van der Waals surface area contributed by atoms with Crippen LogP contribution in [-0.2, 0) is 13.5 Å². The first kappa shape index (κ1) is 14.5. The smallest absolute Gasteiger partial charge is 0.0669 e. The Morgan fingerprint density at radius 1 is 1.37 bits per heavy atom. The van der Waals surface area contributed by atoms with E-state index < -0.39 is 0 Å². The van der Waals surface area contributed by atoms with Crippen LogP contribution < -0.4 is 5.73 Å². The number of rotatable bonds is 4. The Morgan fingerprint density at radius 2 is 2.16 bits per heavy atom. The third-order valence-electron chi connectivity index (χ3n) is 4.41. The van der Waals surface area contributed by atoms with E-state index >= 15 is 0 Å². The van der Waals surface area contributed by atoms with Crippen LogP contribution in [0.5, 0.6) is 0 Å². The summed E-state index contributed by atoms with van der Waals surface area (Å²) >= 11 is 0. The lowest BCUT2D eigenvalue weighted by molar-refractivity contribution is 0.165. The van der Waals surface area contributed by atoms with Crippen LogP contribution in [0.1, 0.15) is 50.4 Å². The molecule has 19 heavy (non-hydrogen) atoms. The van der Waals surface area contributed by atoms with Crippen molar-refractivity contribution in [3.63, 3.8) is 0 Å². The first-order chi connectivity index (χ1) is 9.21. The van der Waals surface area contributed by atoms with E-state index in [2.05, 4.69) is 30.0 Å². The number of aryl methyl sites for hydroxylation is 2. The van der Waals surface area contributed by atoms with Crippen molar-refractivity contribution in [1.82, 2.24) is 14.7 Å². The standard InChI is InChI=1S/C15H28N4/c1-4-14-13(11-18(3)17-14)15-12(10-16)8-6-7-9-19(15)5-2/h11-12,15H,4-10,16H2,1-3H3. The van der Waals surface area contributed by atoms with Crippen LogP contribution in [-0.4, -0.2) is 34.3 Å². The second-order valence-electron chi connectivity index (χ2n) is 5.62. The van der Waals surface area contributed by atoms with Gasteiger partial charge in [0.25, 0.3) is 0 Å². The second-order valence-corrected chi connectivity index (χ2v) is 5.62. The summed E-state index contributed by atoms with van der Waals surface area (Å²) in [6.07, 6.45) is 7.05. The molecule has 1 aromatic heterocycles. The van der Waals surface area contributed by atoms with Crippen molar-refractivity contribution >= 4 is 0 Å². The van der Waals surface area contributed by atoms with Crippen molar-refractivity contribution in [2.45, 2.75) is 45.6 Å². The van der Waals surface area contributed by atoms with E-state index in [9.17, 15) is 0 Å². The van der Waals surface area contributed by atoms with Crippen LogP contribution in [0.2, 0.25) is 0 Å². The predicted molar refractivity (Wildman–Crippen MR) is 79.0 cm³/mol. The van der Waals surface area contributed by atoms with Gasteiger partial charge in [0.15, 0.2) is 0 Å². The first-order valence-electron chi connectivity index (χ1n) is 7.67. The Hall–Kier alpha value is -0.870. The first-order valence-corrected chi connectivity index (χ1v) is 7.67. The lowest BCUT2D eigenvalue weighted by Crippen LogP contribution is -2.35. The van der Waals surface area contributed by atoms with Gasteiger partial charge in [0.05, 0.1) is 5.69 Å². The summed E-state index contributed by atoms with van der Waals surface area (Å²) in [6, 6.07) is 0.459. The number of hydrogen-bond acceptors (Lipinski definition) is 3. The number of nitrogens with zero attached hydrogens (tertiary/aromatic N) is 3. The monoisotopic (exact) mass is 264 g/mol. The number of nitrogens with two attached hydrogens (primary N) is 1. The van der Waals surface area contributed by atoms with Gasteiger partial charge >= 0.3 is 0 Å². The average molecular weight is 264 g/mol. The Morgan fingerprint density at radius 3 is 2.79 bits per heavy atom. The molecule has 108 valence electrons. The molecule has 1 aliphatic heterocycles. The highest BCUT2D eigenvalue weighted by atomic mass is 15.3. The van der Waals surface area contributed by atoms with Crippen molar-refractivity contribution in [2.75, 3.05) is 19.6 Å². The van der Waals surface area contributed by atoms with Gasteiger partial charge in [-0.05, 0) is 44.8 Å². The summed E-state index contributed by atoms with van der Waals surface area (Å²) < 4.78 is 1.96. The molecule has 4 heteroatoms. The molecule has 0 radical (unpaired) electrons. The molecule has 0 aliphatic carbocycles. The van der Waals surface area contributed by atoms with Crippen molar-refractivity contribution in [3.8, 4) is 0 Å². The Balaban J connectivity index is 2.38. The summed E-state index contributed by atoms with van der Waals surface area (Å²) in [5.41, 5.74) is 8.71. The molecule has 0 spiro atoms. The van der Waals surface area contributed by atoms with Gasteiger partial charge in [-0.1, -0.05) is 20.3 Å². The second kappa shape index (κ2) is 6.53. The quantitative estimate of drug-likeness (QED) is 0.906. The van der Waals surface area contributed by atoms with E-state index in [1.165, 1.54) is 37.1 Å². The lowest BCUT2D eigenvalue weighted by Gasteiger charge is -2.34. The van der Waals surface area contributed by atoms with Gasteiger partial charge in [-0.15, -0.1) is 0 Å². The molecule has 1 fully saturated rings. The number of hydrogen-bond donors (Lipinski definition) is 1. The van der Waals surface area contributed by atoms with Gasteiger partial charge in [-0.25, -0.2) is 0 Å². The fourth-order valence-electron chi connectivity index (χ4n) is 3.44. The highest BCUT2D eigenvalue weighted by Crippen LogP contribution is 2.35. The molecule has 2 unspecified atom stereocenters. The van der Waals surface area contributed by atoms with E-state index in [1.54, 1.807) is 0 Å². The summed E-state index contributed by atoms with van der Waals surface area (Å²) in [5.74, 6) is 0.567. The molecule has 0 amide bonds. The summed E-state index contributed by atoms with van der Waals surface area (Å²) in [5, 5.41) is 4.62. The lowest BCUT2D eigenvalue weighted by atomic mass is 9.89. The van der Waals surface area contributed by atoms with Crippen LogP contribution in [0.25, 0.3) is 0 Å². The van der Waals surface area contributed by atoms with Crippen molar-refractivity contribution in [2.24, 2.45) is 18.7 Å². The molecule has 2 N–H and O–H groups in total. The molecule has 1 aliphatic rings. The molecule has 1 aromatic rings. The summed E-state index contributed by atoms with van der Waals surface area (Å²) in [6.45, 7) is 7.51. The SMILES string of the molecule is CCc1nn(C)cc1C1C(CN)CCCCN1CC. The van der Waals surface area contributed by atoms with Gasteiger partial charge in [-0.2, -0.15) is 5.10 Å². The van der Waals surface area contributed by atoms with E-state index in [-0.39, 0.29) is 0 Å². The highest BCUT2D eigenvalue weighted by molar-refractivity contribution is 5.23. The van der Waals surface area contributed by atoms with Gasteiger partial charge in [0.1, 0.15) is 0 Å². The van der Waals surface area contributed by atoms with E-state index in [0.717, 1.165) is 19.5 Å². The molecule has 1 saturated heterocycles. The zero-order valence-electron chi connectivity index (χ0n) is 12.6. The minimum Gasteiger partial charge on any atom is -0.330 e. The van der Waals surface area contributed by atoms with Gasteiger partial charge in [-0.3, -0.25) is 9.58 Å². The minimum absolute atomic E-state index is 0.459. The molecule has 2 atom stereocenters. The molecule has 0 aromatic carbocycles. The fourth-order valence-corrected chi connectivity index (χ4v) is 3.44. The van der Waals surface area contributed by atoms with Crippen molar-refractivity contribution < 1.29 is 0 Å². The van der Waals surface area contributed by atoms with Gasteiger partial charge in [0.2, 0.25) is 0 Å². The van der Waals surface area contributed by atoms with Crippen molar-refractivity contribution in [3.05, 3.63) is 17.5 Å². The third-order valence-corrected chi connectivity index (χ3v) is 4.41. The molecular formula is C15H28N4. The maximum absolute atomic E-state index is 6.06. The minimum atomic E-state index is 0.459. The molecule has 0 bridgehead atoms. The normalized spacial score (nSPS) is 25.5. The number of aromatic nitrogens is 2. The molecule has 4 nitrogen and oxygen atoms in total. The Kier molecular flexibility index (Phi) is 4.99. The maximum Gasteiger partial charge on any atom is 0.0669 e. The van der Waals surface area contributed by atoms with E-state index in [0.29, 0.717) is 12.0 Å².